The van der Waals surface area contributed by atoms with E-state index in [1.165, 1.54) is 0 Å². The van der Waals surface area contributed by atoms with Gasteiger partial charge < -0.3 is 10.6 Å². The van der Waals surface area contributed by atoms with Crippen molar-refractivity contribution in [3.8, 4) is 0 Å². The van der Waals surface area contributed by atoms with E-state index in [9.17, 15) is 9.59 Å². The van der Waals surface area contributed by atoms with Crippen LogP contribution in [0.3, 0.4) is 0 Å². The summed E-state index contributed by atoms with van der Waals surface area (Å²) in [6.07, 6.45) is 4.94. The van der Waals surface area contributed by atoms with E-state index in [2.05, 4.69) is 38.4 Å². The van der Waals surface area contributed by atoms with Crippen molar-refractivity contribution in [3.05, 3.63) is 27.7 Å². The maximum Gasteiger partial charge on any atom is 0.238 e. The molecule has 1 saturated heterocycles. The molecule has 0 unspecified atom stereocenters. The van der Waals surface area contributed by atoms with Gasteiger partial charge in [0, 0.05) is 16.9 Å². The normalized spacial score (nSPS) is 15.7. The average molecular weight is 445 g/mol. The minimum atomic E-state index is -0.0864. The van der Waals surface area contributed by atoms with Gasteiger partial charge in [0.1, 0.15) is 0 Å². The number of nitrogens with zero attached hydrogens (tertiary/aromatic N) is 1. The van der Waals surface area contributed by atoms with E-state index < -0.39 is 0 Å². The number of unbranched alkanes of at least 4 members (excludes halogenated alkanes) is 2. The van der Waals surface area contributed by atoms with Gasteiger partial charge in [-0.15, -0.1) is 0 Å². The molecule has 1 aliphatic heterocycles. The summed E-state index contributed by atoms with van der Waals surface area (Å²) in [5.74, 6) is 0.139. The Morgan fingerprint density at radius 3 is 2.65 bits per heavy atom. The van der Waals surface area contributed by atoms with Gasteiger partial charge in [0.15, 0.2) is 0 Å². The molecule has 1 aromatic carbocycles. The first kappa shape index (κ1) is 21.2. The van der Waals surface area contributed by atoms with Gasteiger partial charge in [0.25, 0.3) is 0 Å². The molecular formula is C19H27BrClN3O2. The van der Waals surface area contributed by atoms with Gasteiger partial charge in [0.05, 0.1) is 17.3 Å². The Balaban J connectivity index is 1.71. The number of halogens is 2. The second kappa shape index (κ2) is 10.9. The molecule has 1 fully saturated rings. The van der Waals surface area contributed by atoms with E-state index in [-0.39, 0.29) is 17.7 Å². The molecule has 1 aromatic rings. The zero-order valence-electron chi connectivity index (χ0n) is 15.2. The topological polar surface area (TPSA) is 61.4 Å². The number of amides is 2. The number of carbonyl (C=O) groups excluding carboxylic acids is 2. The lowest BCUT2D eigenvalue weighted by Gasteiger charge is -2.30. The molecule has 0 radical (unpaired) electrons. The first-order valence-electron chi connectivity index (χ1n) is 9.24. The predicted molar refractivity (Wildman–Crippen MR) is 109 cm³/mol. The third kappa shape index (κ3) is 6.89. The summed E-state index contributed by atoms with van der Waals surface area (Å²) >= 11 is 9.47. The molecule has 0 spiro atoms. The highest BCUT2D eigenvalue weighted by atomic mass is 79.9. The quantitative estimate of drug-likeness (QED) is 0.594. The van der Waals surface area contributed by atoms with Crippen LogP contribution in [0.4, 0.5) is 5.69 Å². The van der Waals surface area contributed by atoms with E-state index >= 15 is 0 Å². The second-order valence-electron chi connectivity index (χ2n) is 6.72. The summed E-state index contributed by atoms with van der Waals surface area (Å²) in [4.78, 5) is 26.5. The molecule has 1 aliphatic rings. The molecular weight excluding hydrogens is 418 g/mol. The largest absolute Gasteiger partial charge is 0.356 e. The minimum Gasteiger partial charge on any atom is -0.356 e. The molecule has 0 bridgehead atoms. The van der Waals surface area contributed by atoms with Crippen molar-refractivity contribution in [1.82, 2.24) is 10.2 Å². The lowest BCUT2D eigenvalue weighted by Crippen LogP contribution is -2.43. The highest BCUT2D eigenvalue weighted by Crippen LogP contribution is 2.25. The highest BCUT2D eigenvalue weighted by molar-refractivity contribution is 9.10. The van der Waals surface area contributed by atoms with Crippen molar-refractivity contribution in [3.63, 3.8) is 0 Å². The van der Waals surface area contributed by atoms with Gasteiger partial charge in [-0.2, -0.15) is 0 Å². The number of anilines is 1. The monoisotopic (exact) mass is 443 g/mol. The van der Waals surface area contributed by atoms with Crippen LogP contribution in [-0.4, -0.2) is 42.9 Å². The molecule has 144 valence electrons. The summed E-state index contributed by atoms with van der Waals surface area (Å²) in [5, 5.41) is 6.38. The maximum absolute atomic E-state index is 12.2. The Labute approximate surface area is 169 Å². The second-order valence-corrected chi connectivity index (χ2v) is 8.04. The van der Waals surface area contributed by atoms with Crippen LogP contribution in [0.2, 0.25) is 5.02 Å². The Bertz CT molecular complexity index is 619. The van der Waals surface area contributed by atoms with Crippen molar-refractivity contribution in [2.75, 3.05) is 31.5 Å². The molecule has 2 N–H and O–H groups in total. The predicted octanol–water partition coefficient (Wildman–Crippen LogP) is 4.06. The first-order chi connectivity index (χ1) is 12.5. The van der Waals surface area contributed by atoms with Crippen LogP contribution in [-0.2, 0) is 9.59 Å². The van der Waals surface area contributed by atoms with E-state index in [1.807, 2.05) is 6.07 Å². The van der Waals surface area contributed by atoms with Gasteiger partial charge in [-0.25, -0.2) is 0 Å². The average Bonchev–Trinajstić information content (AvgIpc) is 2.61. The summed E-state index contributed by atoms with van der Waals surface area (Å²) < 4.78 is 0.871. The number of rotatable bonds is 8. The van der Waals surface area contributed by atoms with Gasteiger partial charge in [0.2, 0.25) is 11.8 Å². The highest BCUT2D eigenvalue weighted by Gasteiger charge is 2.25. The lowest BCUT2D eigenvalue weighted by molar-refractivity contribution is -0.126. The molecule has 5 nitrogen and oxygen atoms in total. The van der Waals surface area contributed by atoms with Crippen LogP contribution >= 0.6 is 27.5 Å². The molecule has 7 heteroatoms. The van der Waals surface area contributed by atoms with E-state index in [4.69, 9.17) is 11.6 Å². The van der Waals surface area contributed by atoms with Crippen molar-refractivity contribution in [1.29, 1.82) is 0 Å². The fraction of sp³-hybridized carbons (Fsp3) is 0.579. The SMILES string of the molecule is CCCCCNC(=O)C1CCN(CC(=O)Nc2ccc(Br)cc2Cl)CC1. The number of hydrogen-bond donors (Lipinski definition) is 2. The fourth-order valence-corrected chi connectivity index (χ4v) is 3.79. The van der Waals surface area contributed by atoms with Gasteiger partial charge in [-0.1, -0.05) is 47.3 Å². The van der Waals surface area contributed by atoms with Gasteiger partial charge in [-0.05, 0) is 50.6 Å². The molecule has 2 amide bonds. The van der Waals surface area contributed by atoms with Crippen LogP contribution < -0.4 is 10.6 Å². The van der Waals surface area contributed by atoms with Crippen molar-refractivity contribution in [2.24, 2.45) is 5.92 Å². The van der Waals surface area contributed by atoms with E-state index in [1.54, 1.807) is 12.1 Å². The van der Waals surface area contributed by atoms with Crippen LogP contribution in [0.15, 0.2) is 22.7 Å². The van der Waals surface area contributed by atoms with E-state index in [0.717, 1.165) is 56.2 Å². The van der Waals surface area contributed by atoms with Crippen LogP contribution in [0.1, 0.15) is 39.0 Å². The number of piperidine rings is 1. The Morgan fingerprint density at radius 1 is 1.27 bits per heavy atom. The van der Waals surface area contributed by atoms with Crippen LogP contribution in [0, 0.1) is 5.92 Å². The Hall–Kier alpha value is -1.11. The van der Waals surface area contributed by atoms with Crippen LogP contribution in [0.25, 0.3) is 0 Å². The Morgan fingerprint density at radius 2 is 2.00 bits per heavy atom. The summed E-state index contributed by atoms with van der Waals surface area (Å²) in [6, 6.07) is 5.37. The molecule has 26 heavy (non-hydrogen) atoms. The number of nitrogens with one attached hydrogen (secondary N) is 2. The van der Waals surface area contributed by atoms with E-state index in [0.29, 0.717) is 17.3 Å². The molecule has 0 saturated carbocycles. The number of likely N-dealkylation sites (tertiary alicyclic amines) is 1. The van der Waals surface area contributed by atoms with Gasteiger partial charge >= 0.3 is 0 Å². The first-order valence-corrected chi connectivity index (χ1v) is 10.4. The van der Waals surface area contributed by atoms with Gasteiger partial charge in [-0.3, -0.25) is 14.5 Å². The summed E-state index contributed by atoms with van der Waals surface area (Å²) in [6.45, 7) is 4.75. The molecule has 1 heterocycles. The van der Waals surface area contributed by atoms with Crippen molar-refractivity contribution >= 4 is 45.0 Å². The molecule has 0 aliphatic carbocycles. The number of carbonyl (C=O) groups is 2. The minimum absolute atomic E-state index is 0.0665. The zero-order valence-corrected chi connectivity index (χ0v) is 17.5. The third-order valence-electron chi connectivity index (χ3n) is 4.61. The third-order valence-corrected chi connectivity index (χ3v) is 5.42. The number of benzene rings is 1. The summed E-state index contributed by atoms with van der Waals surface area (Å²) in [7, 11) is 0. The maximum atomic E-state index is 12.2. The smallest absolute Gasteiger partial charge is 0.238 e. The standard InChI is InChI=1S/C19H27BrClN3O2/c1-2-3-4-9-22-19(26)14-7-10-24(11-8-14)13-18(25)23-17-6-5-15(20)12-16(17)21/h5-6,12,14H,2-4,7-11,13H2,1H3,(H,22,26)(H,23,25). The number of hydrogen-bond acceptors (Lipinski definition) is 3. The molecule has 0 atom stereocenters. The molecule has 2 rings (SSSR count). The van der Waals surface area contributed by atoms with Crippen LogP contribution in [0.5, 0.6) is 0 Å². The zero-order chi connectivity index (χ0) is 18.9. The van der Waals surface area contributed by atoms with Crippen molar-refractivity contribution in [2.45, 2.75) is 39.0 Å². The Kier molecular flexibility index (Phi) is 8.88. The lowest BCUT2D eigenvalue weighted by atomic mass is 9.96. The molecule has 0 aromatic heterocycles. The van der Waals surface area contributed by atoms with Crippen molar-refractivity contribution < 1.29 is 9.59 Å². The fourth-order valence-electron chi connectivity index (χ4n) is 3.07. The summed E-state index contributed by atoms with van der Waals surface area (Å²) in [5.41, 5.74) is 0.612.